The number of esters is 1. The van der Waals surface area contributed by atoms with Gasteiger partial charge in [-0.05, 0) is 6.07 Å². The van der Waals surface area contributed by atoms with Gasteiger partial charge in [-0.3, -0.25) is 19.7 Å². The number of carbonyl (C=O) groups excluding carboxylic acids is 4. The van der Waals surface area contributed by atoms with Crippen molar-refractivity contribution in [3.05, 3.63) is 52.1 Å². The number of nitrogens with zero attached hydrogens (tertiary/aromatic N) is 2. The number of non-ortho nitro benzene ring substituents is 1. The first-order valence-corrected chi connectivity index (χ1v) is 6.99. The summed E-state index contributed by atoms with van der Waals surface area (Å²) in [6, 6.07) is 2.79. The second-order valence-electron chi connectivity index (χ2n) is 4.87. The summed E-state index contributed by atoms with van der Waals surface area (Å²) in [6.07, 6.45) is 1.11. The number of amides is 2. The molecule has 25 heavy (non-hydrogen) atoms. The Morgan fingerprint density at radius 3 is 2.24 bits per heavy atom. The van der Waals surface area contributed by atoms with Crippen molar-refractivity contribution in [2.24, 2.45) is 0 Å². The largest absolute Gasteiger partial charge is 0.458 e. The molecule has 0 spiro atoms. The molecule has 10 nitrogen and oxygen atoms in total. The lowest BCUT2D eigenvalue weighted by Gasteiger charge is -2.12. The summed E-state index contributed by atoms with van der Waals surface area (Å²) in [6.45, 7) is 3.23. The van der Waals surface area contributed by atoms with Crippen LogP contribution in [0.25, 0.3) is 0 Å². The molecule has 10 heteroatoms. The van der Waals surface area contributed by atoms with E-state index in [9.17, 15) is 29.3 Å². The maximum Gasteiger partial charge on any atom is 0.364 e. The molecule has 2 rings (SSSR count). The predicted molar refractivity (Wildman–Crippen MR) is 80.1 cm³/mol. The van der Waals surface area contributed by atoms with Crippen molar-refractivity contribution in [2.45, 2.75) is 12.8 Å². The van der Waals surface area contributed by atoms with Crippen molar-refractivity contribution in [1.29, 1.82) is 0 Å². The average molecular weight is 348 g/mol. The number of benzene rings is 1. The van der Waals surface area contributed by atoms with Crippen LogP contribution < -0.4 is 0 Å². The van der Waals surface area contributed by atoms with E-state index in [2.05, 4.69) is 11.4 Å². The minimum atomic E-state index is -1.19. The predicted octanol–water partition coefficient (Wildman–Crippen LogP) is 1.16. The summed E-state index contributed by atoms with van der Waals surface area (Å²) >= 11 is 0. The van der Waals surface area contributed by atoms with Gasteiger partial charge < -0.3 is 9.57 Å². The van der Waals surface area contributed by atoms with E-state index in [1.807, 2.05) is 0 Å². The number of rotatable bonds is 6. The minimum Gasteiger partial charge on any atom is -0.458 e. The highest BCUT2D eigenvalue weighted by atomic mass is 16.7. The van der Waals surface area contributed by atoms with Gasteiger partial charge in [-0.2, -0.15) is 0 Å². The van der Waals surface area contributed by atoms with Crippen LogP contribution in [-0.2, 0) is 19.2 Å². The van der Waals surface area contributed by atoms with Crippen LogP contribution >= 0.6 is 0 Å². The zero-order chi connectivity index (χ0) is 18.6. The molecule has 0 unspecified atom stereocenters. The number of nitro groups is 1. The first kappa shape index (κ1) is 17.8. The third-order valence-electron chi connectivity index (χ3n) is 3.11. The Bertz CT molecular complexity index is 770. The normalized spacial score (nSPS) is 13.5. The van der Waals surface area contributed by atoms with E-state index in [4.69, 9.17) is 4.74 Å². The molecule has 0 aliphatic carbocycles. The molecule has 1 aromatic carbocycles. The van der Waals surface area contributed by atoms with E-state index in [0.717, 1.165) is 18.2 Å². The third-order valence-corrected chi connectivity index (χ3v) is 3.11. The first-order valence-electron chi connectivity index (χ1n) is 6.99. The zero-order valence-corrected chi connectivity index (χ0v) is 12.8. The van der Waals surface area contributed by atoms with Gasteiger partial charge in [0, 0.05) is 25.0 Å². The highest BCUT2D eigenvalue weighted by molar-refractivity contribution is 6.03. The molecule has 1 saturated heterocycles. The molecule has 0 saturated carbocycles. The van der Waals surface area contributed by atoms with Gasteiger partial charge in [-0.1, -0.05) is 12.7 Å². The lowest BCUT2D eigenvalue weighted by molar-refractivity contribution is -0.384. The Kier molecular flexibility index (Phi) is 5.22. The fourth-order valence-electron chi connectivity index (χ4n) is 1.96. The SMILES string of the molecule is C=CCOC(=O)c1cc(C(=O)ON2C(=O)CCC2=O)cc([N+](=O)[O-])c1. The van der Waals surface area contributed by atoms with Crippen LogP contribution in [0.1, 0.15) is 33.6 Å². The molecule has 2 amide bonds. The van der Waals surface area contributed by atoms with Crippen molar-refractivity contribution >= 4 is 29.4 Å². The average Bonchev–Trinajstić information content (AvgIpc) is 2.91. The molecular weight excluding hydrogens is 336 g/mol. The van der Waals surface area contributed by atoms with Gasteiger partial charge >= 0.3 is 11.9 Å². The molecular formula is C15H12N2O8. The van der Waals surface area contributed by atoms with Crippen LogP contribution in [0, 0.1) is 10.1 Å². The number of carbonyl (C=O) groups is 4. The molecule has 0 atom stereocenters. The summed E-state index contributed by atoms with van der Waals surface area (Å²) in [5.41, 5.74) is -1.20. The molecule has 130 valence electrons. The molecule has 0 bridgehead atoms. The van der Waals surface area contributed by atoms with Gasteiger partial charge in [0.25, 0.3) is 17.5 Å². The van der Waals surface area contributed by atoms with Crippen molar-refractivity contribution in [1.82, 2.24) is 5.06 Å². The Labute approximate surface area is 140 Å². The van der Waals surface area contributed by atoms with Gasteiger partial charge in [0.15, 0.2) is 0 Å². The molecule has 1 aliphatic rings. The Morgan fingerprint density at radius 1 is 1.16 bits per heavy atom. The fourth-order valence-corrected chi connectivity index (χ4v) is 1.96. The van der Waals surface area contributed by atoms with E-state index < -0.39 is 34.4 Å². The van der Waals surface area contributed by atoms with E-state index in [0.29, 0.717) is 5.06 Å². The maximum atomic E-state index is 12.1. The van der Waals surface area contributed by atoms with Crippen molar-refractivity contribution in [3.8, 4) is 0 Å². The quantitative estimate of drug-likeness (QED) is 0.246. The lowest BCUT2D eigenvalue weighted by atomic mass is 10.1. The topological polar surface area (TPSA) is 133 Å². The number of nitro benzene ring substituents is 1. The highest BCUT2D eigenvalue weighted by Gasteiger charge is 2.33. The van der Waals surface area contributed by atoms with E-state index >= 15 is 0 Å². The summed E-state index contributed by atoms with van der Waals surface area (Å²) < 4.78 is 4.76. The number of hydrogen-bond acceptors (Lipinski definition) is 8. The molecule has 0 radical (unpaired) electrons. The lowest BCUT2D eigenvalue weighted by Crippen LogP contribution is -2.32. The second kappa shape index (κ2) is 7.34. The fraction of sp³-hybridized carbons (Fsp3) is 0.200. The van der Waals surface area contributed by atoms with E-state index in [1.165, 1.54) is 6.08 Å². The smallest absolute Gasteiger partial charge is 0.364 e. The van der Waals surface area contributed by atoms with Gasteiger partial charge in [-0.15, -0.1) is 5.06 Å². The van der Waals surface area contributed by atoms with Crippen molar-refractivity contribution in [2.75, 3.05) is 6.61 Å². The molecule has 1 fully saturated rings. The van der Waals surface area contributed by atoms with Gasteiger partial charge in [-0.25, -0.2) is 9.59 Å². The first-order chi connectivity index (χ1) is 11.8. The monoisotopic (exact) mass is 348 g/mol. The van der Waals surface area contributed by atoms with E-state index in [-0.39, 0.29) is 30.6 Å². The van der Waals surface area contributed by atoms with Crippen LogP contribution in [0.2, 0.25) is 0 Å². The standard InChI is InChI=1S/C15H12N2O8/c1-2-5-24-14(20)9-6-10(8-11(7-9)17(22)23)15(21)25-16-12(18)3-4-13(16)19/h2,6-8H,1,3-5H2. The van der Waals surface area contributed by atoms with Crippen LogP contribution in [0.5, 0.6) is 0 Å². The number of imide groups is 1. The van der Waals surface area contributed by atoms with Gasteiger partial charge in [0.2, 0.25) is 0 Å². The molecule has 1 heterocycles. The molecule has 0 N–H and O–H groups in total. The van der Waals surface area contributed by atoms with Crippen molar-refractivity contribution < 1.29 is 33.7 Å². The van der Waals surface area contributed by atoms with Crippen LogP contribution in [0.4, 0.5) is 5.69 Å². The minimum absolute atomic E-state index is 0.0970. The molecule has 1 aromatic rings. The highest BCUT2D eigenvalue weighted by Crippen LogP contribution is 2.20. The molecule has 1 aliphatic heterocycles. The number of hydroxylamine groups is 2. The van der Waals surface area contributed by atoms with Crippen molar-refractivity contribution in [3.63, 3.8) is 0 Å². The summed E-state index contributed by atoms with van der Waals surface area (Å²) in [7, 11) is 0. The van der Waals surface area contributed by atoms with Gasteiger partial charge in [0.05, 0.1) is 16.1 Å². The van der Waals surface area contributed by atoms with Crippen LogP contribution in [0.3, 0.4) is 0 Å². The maximum absolute atomic E-state index is 12.1. The van der Waals surface area contributed by atoms with Gasteiger partial charge in [0.1, 0.15) is 6.61 Å². The Morgan fingerprint density at radius 2 is 1.72 bits per heavy atom. The summed E-state index contributed by atoms with van der Waals surface area (Å²) in [5.74, 6) is -3.50. The second-order valence-corrected chi connectivity index (χ2v) is 4.87. The third kappa shape index (κ3) is 4.05. The van der Waals surface area contributed by atoms with Crippen LogP contribution in [-0.4, -0.2) is 40.3 Å². The molecule has 0 aromatic heterocycles. The Balaban J connectivity index is 2.30. The number of hydrogen-bond donors (Lipinski definition) is 0. The summed E-state index contributed by atoms with van der Waals surface area (Å²) in [5, 5.41) is 11.3. The summed E-state index contributed by atoms with van der Waals surface area (Å²) in [4.78, 5) is 61.7. The Hall–Kier alpha value is -3.56. The van der Waals surface area contributed by atoms with E-state index in [1.54, 1.807) is 0 Å². The zero-order valence-electron chi connectivity index (χ0n) is 12.8. The van der Waals surface area contributed by atoms with Crippen LogP contribution in [0.15, 0.2) is 30.9 Å². The number of ether oxygens (including phenoxy) is 1.